The number of H-pyrrole nitrogens is 1. The van der Waals surface area contributed by atoms with Crippen molar-refractivity contribution in [2.24, 2.45) is 5.92 Å². The van der Waals surface area contributed by atoms with Gasteiger partial charge in [0.15, 0.2) is 5.82 Å². The molecule has 2 aromatic rings. The molecule has 1 aliphatic rings. The van der Waals surface area contributed by atoms with E-state index in [4.69, 9.17) is 4.52 Å². The Hall–Kier alpha value is -1.41. The van der Waals surface area contributed by atoms with Crippen LogP contribution in [0.5, 0.6) is 0 Å². The Morgan fingerprint density at radius 1 is 1.52 bits per heavy atom. The fraction of sp³-hybridized carbons (Fsp3) is 0.692. The van der Waals surface area contributed by atoms with Crippen LogP contribution in [0.2, 0.25) is 0 Å². The normalized spacial score (nSPS) is 20.2. The molecule has 0 aromatic carbocycles. The summed E-state index contributed by atoms with van der Waals surface area (Å²) in [4.78, 5) is 8.52. The monoisotopic (exact) mass is 308 g/mol. The van der Waals surface area contributed by atoms with Gasteiger partial charge < -0.3 is 9.84 Å². The molecule has 0 bridgehead atoms. The van der Waals surface area contributed by atoms with Gasteiger partial charge in [-0.2, -0.15) is 21.8 Å². The summed E-state index contributed by atoms with van der Waals surface area (Å²) in [5, 5.41) is 14.2. The first-order valence-electron chi connectivity index (χ1n) is 7.25. The minimum Gasteiger partial charge on any atom is -0.337 e. The van der Waals surface area contributed by atoms with Crippen LogP contribution in [0, 0.1) is 5.92 Å². The maximum Gasteiger partial charge on any atom is 0.244 e. The smallest absolute Gasteiger partial charge is 0.244 e. The molecule has 3 rings (SSSR count). The Labute approximate surface area is 127 Å². The maximum absolute atomic E-state index is 5.44. The molecule has 2 N–H and O–H groups in total. The van der Waals surface area contributed by atoms with E-state index in [1.807, 2.05) is 11.8 Å². The van der Waals surface area contributed by atoms with Gasteiger partial charge in [0.2, 0.25) is 11.7 Å². The Morgan fingerprint density at radius 2 is 2.43 bits per heavy atom. The number of aromatic nitrogens is 5. The predicted octanol–water partition coefficient (Wildman–Crippen LogP) is 2.04. The van der Waals surface area contributed by atoms with Crippen molar-refractivity contribution in [3.05, 3.63) is 12.2 Å². The number of aromatic amines is 1. The van der Waals surface area contributed by atoms with Crippen LogP contribution in [0.3, 0.4) is 0 Å². The van der Waals surface area contributed by atoms with Crippen LogP contribution in [0.15, 0.2) is 10.9 Å². The van der Waals surface area contributed by atoms with Gasteiger partial charge in [0, 0.05) is 11.8 Å². The minimum absolute atomic E-state index is 0.0953. The molecule has 0 amide bonds. The van der Waals surface area contributed by atoms with Crippen LogP contribution < -0.4 is 5.32 Å². The van der Waals surface area contributed by atoms with E-state index >= 15 is 0 Å². The number of hydrogen-bond acceptors (Lipinski definition) is 7. The highest BCUT2D eigenvalue weighted by Gasteiger charge is 2.26. The topological polar surface area (TPSA) is 92.5 Å². The van der Waals surface area contributed by atoms with Gasteiger partial charge in [0.05, 0.1) is 6.04 Å². The summed E-state index contributed by atoms with van der Waals surface area (Å²) in [7, 11) is 0. The molecule has 8 heteroatoms. The molecule has 114 valence electrons. The molecule has 0 aliphatic carbocycles. The van der Waals surface area contributed by atoms with E-state index in [1.54, 1.807) is 0 Å². The van der Waals surface area contributed by atoms with Crippen LogP contribution in [0.1, 0.15) is 38.6 Å². The zero-order chi connectivity index (χ0) is 14.7. The van der Waals surface area contributed by atoms with Gasteiger partial charge in [-0.3, -0.25) is 5.10 Å². The van der Waals surface area contributed by atoms with Crippen LogP contribution in [0.25, 0.3) is 11.6 Å². The lowest BCUT2D eigenvalue weighted by atomic mass is 10.0. The van der Waals surface area contributed by atoms with E-state index in [0.29, 0.717) is 29.5 Å². The lowest BCUT2D eigenvalue weighted by molar-refractivity contribution is 0.290. The Balaban J connectivity index is 1.75. The minimum atomic E-state index is 0.0953. The van der Waals surface area contributed by atoms with Gasteiger partial charge in [-0.05, 0) is 24.5 Å². The molecule has 1 aliphatic heterocycles. The van der Waals surface area contributed by atoms with Gasteiger partial charge in [-0.25, -0.2) is 4.98 Å². The summed E-state index contributed by atoms with van der Waals surface area (Å²) < 4.78 is 5.44. The first-order chi connectivity index (χ1) is 10.2. The predicted molar refractivity (Wildman–Crippen MR) is 80.7 cm³/mol. The average molecular weight is 308 g/mol. The van der Waals surface area contributed by atoms with Crippen LogP contribution >= 0.6 is 11.8 Å². The number of thioether (sulfide) groups is 1. The third-order valence-corrected chi connectivity index (χ3v) is 4.60. The highest BCUT2D eigenvalue weighted by atomic mass is 32.2. The van der Waals surface area contributed by atoms with E-state index in [0.717, 1.165) is 12.2 Å². The number of hydrogen-bond donors (Lipinski definition) is 2. The van der Waals surface area contributed by atoms with Crippen molar-refractivity contribution in [3.8, 4) is 11.6 Å². The molecule has 0 unspecified atom stereocenters. The SMILES string of the molecule is CC(C)C[C@@H](N[C@@H]1CCSC1)c1nc(-c2ncn[nH]2)no1. The van der Waals surface area contributed by atoms with Crippen molar-refractivity contribution >= 4 is 11.8 Å². The third-order valence-electron chi connectivity index (χ3n) is 3.44. The van der Waals surface area contributed by atoms with Gasteiger partial charge in [0.25, 0.3) is 0 Å². The third kappa shape index (κ3) is 3.62. The number of nitrogens with one attached hydrogen (secondary N) is 2. The van der Waals surface area contributed by atoms with E-state index in [1.165, 1.54) is 18.5 Å². The molecular weight excluding hydrogens is 288 g/mol. The second-order valence-corrected chi connectivity index (χ2v) is 6.85. The van der Waals surface area contributed by atoms with Gasteiger partial charge in [-0.15, -0.1) is 0 Å². The first-order valence-corrected chi connectivity index (χ1v) is 8.41. The van der Waals surface area contributed by atoms with E-state index in [9.17, 15) is 0 Å². The van der Waals surface area contributed by atoms with E-state index in [-0.39, 0.29) is 6.04 Å². The molecular formula is C13H20N6OS. The first kappa shape index (κ1) is 14.5. The standard InChI is InChI=1S/C13H20N6OS/c1-8(2)5-10(16-9-3-4-21-6-9)13-17-12(19-20-13)11-14-7-15-18-11/h7-10,16H,3-6H2,1-2H3,(H,14,15,18)/t9-,10-/m1/s1. The Bertz CT molecular complexity index is 549. The zero-order valence-corrected chi connectivity index (χ0v) is 13.1. The van der Waals surface area contributed by atoms with Gasteiger partial charge >= 0.3 is 0 Å². The molecule has 3 heterocycles. The number of nitrogens with zero attached hydrogens (tertiary/aromatic N) is 4. The summed E-state index contributed by atoms with van der Waals surface area (Å²) in [6.45, 7) is 4.40. The Kier molecular flexibility index (Phi) is 4.54. The molecule has 0 radical (unpaired) electrons. The van der Waals surface area contributed by atoms with Gasteiger partial charge in [0.1, 0.15) is 6.33 Å². The van der Waals surface area contributed by atoms with Crippen LogP contribution in [-0.4, -0.2) is 42.9 Å². The lowest BCUT2D eigenvalue weighted by Gasteiger charge is -2.20. The quantitative estimate of drug-likeness (QED) is 0.843. The molecule has 1 saturated heterocycles. The van der Waals surface area contributed by atoms with Crippen LogP contribution in [-0.2, 0) is 0 Å². The van der Waals surface area contributed by atoms with E-state index < -0.39 is 0 Å². The highest BCUT2D eigenvalue weighted by molar-refractivity contribution is 7.99. The molecule has 0 spiro atoms. The fourth-order valence-electron chi connectivity index (χ4n) is 2.45. The Morgan fingerprint density at radius 3 is 3.10 bits per heavy atom. The highest BCUT2D eigenvalue weighted by Crippen LogP contribution is 2.25. The van der Waals surface area contributed by atoms with Gasteiger partial charge in [-0.1, -0.05) is 19.0 Å². The van der Waals surface area contributed by atoms with Crippen molar-refractivity contribution < 1.29 is 4.52 Å². The second-order valence-electron chi connectivity index (χ2n) is 5.70. The zero-order valence-electron chi connectivity index (χ0n) is 12.2. The fourth-order valence-corrected chi connectivity index (χ4v) is 3.61. The maximum atomic E-state index is 5.44. The van der Waals surface area contributed by atoms with E-state index in [2.05, 4.69) is 44.5 Å². The summed E-state index contributed by atoms with van der Waals surface area (Å²) >= 11 is 1.99. The summed E-state index contributed by atoms with van der Waals surface area (Å²) in [6.07, 6.45) is 3.60. The molecule has 2 aromatic heterocycles. The molecule has 0 saturated carbocycles. The molecule has 2 atom stereocenters. The second kappa shape index (κ2) is 6.57. The summed E-state index contributed by atoms with van der Waals surface area (Å²) in [5.41, 5.74) is 0. The van der Waals surface area contributed by atoms with Crippen LogP contribution in [0.4, 0.5) is 0 Å². The summed E-state index contributed by atoms with van der Waals surface area (Å²) in [6, 6.07) is 0.622. The van der Waals surface area contributed by atoms with Crippen molar-refractivity contribution in [1.82, 2.24) is 30.6 Å². The average Bonchev–Trinajstić information content (AvgIpc) is 3.19. The number of rotatable bonds is 6. The molecule has 7 nitrogen and oxygen atoms in total. The van der Waals surface area contributed by atoms with Crippen molar-refractivity contribution in [1.29, 1.82) is 0 Å². The van der Waals surface area contributed by atoms with Crippen molar-refractivity contribution in [2.45, 2.75) is 38.8 Å². The largest absolute Gasteiger partial charge is 0.337 e. The molecule has 1 fully saturated rings. The van der Waals surface area contributed by atoms with Crippen molar-refractivity contribution in [2.75, 3.05) is 11.5 Å². The lowest BCUT2D eigenvalue weighted by Crippen LogP contribution is -2.33. The van der Waals surface area contributed by atoms with Crippen molar-refractivity contribution in [3.63, 3.8) is 0 Å². The molecule has 21 heavy (non-hydrogen) atoms. The summed E-state index contributed by atoms with van der Waals surface area (Å²) in [5.74, 6) is 4.55.